The highest BCUT2D eigenvalue weighted by Crippen LogP contribution is 2.37. The van der Waals surface area contributed by atoms with Crippen molar-refractivity contribution in [3.8, 4) is 0 Å². The molecule has 2 rings (SSSR count). The lowest BCUT2D eigenvalue weighted by molar-refractivity contribution is -0.0905. The summed E-state index contributed by atoms with van der Waals surface area (Å²) in [5.74, 6) is 1.50. The van der Waals surface area contributed by atoms with Crippen molar-refractivity contribution in [1.29, 1.82) is 0 Å². The molecule has 0 amide bonds. The van der Waals surface area contributed by atoms with Gasteiger partial charge in [-0.1, -0.05) is 13.3 Å². The fraction of sp³-hybridized carbons (Fsp3) is 1.00. The van der Waals surface area contributed by atoms with Gasteiger partial charge >= 0.3 is 0 Å². The van der Waals surface area contributed by atoms with E-state index in [-0.39, 0.29) is 6.29 Å². The van der Waals surface area contributed by atoms with Crippen molar-refractivity contribution in [2.45, 2.75) is 32.5 Å². The fourth-order valence-corrected chi connectivity index (χ4v) is 2.22. The first-order chi connectivity index (χ1) is 5.42. The minimum absolute atomic E-state index is 0.159. The Kier molecular flexibility index (Phi) is 2.14. The first-order valence-corrected chi connectivity index (χ1v) is 4.65. The molecule has 2 heterocycles. The molecule has 2 saturated heterocycles. The van der Waals surface area contributed by atoms with Crippen molar-refractivity contribution < 1.29 is 9.47 Å². The van der Waals surface area contributed by atoms with E-state index in [4.69, 9.17) is 9.47 Å². The van der Waals surface area contributed by atoms with Crippen LogP contribution in [0.2, 0.25) is 0 Å². The van der Waals surface area contributed by atoms with Crippen LogP contribution in [0.1, 0.15) is 26.2 Å². The lowest BCUT2D eigenvalue weighted by Gasteiger charge is -2.12. The Morgan fingerprint density at radius 1 is 1.36 bits per heavy atom. The van der Waals surface area contributed by atoms with Gasteiger partial charge in [-0.2, -0.15) is 0 Å². The molecule has 3 atom stereocenters. The number of hydrogen-bond donors (Lipinski definition) is 0. The zero-order valence-corrected chi connectivity index (χ0v) is 7.08. The monoisotopic (exact) mass is 156 g/mol. The maximum Gasteiger partial charge on any atom is 0.160 e. The molecule has 11 heavy (non-hydrogen) atoms. The van der Waals surface area contributed by atoms with E-state index in [1.807, 2.05) is 0 Å². The molecule has 0 radical (unpaired) electrons. The van der Waals surface area contributed by atoms with Gasteiger partial charge in [0.1, 0.15) is 0 Å². The average molecular weight is 156 g/mol. The summed E-state index contributed by atoms with van der Waals surface area (Å²) in [5, 5.41) is 0. The molecule has 0 aromatic rings. The minimum atomic E-state index is 0.159. The third-order valence-electron chi connectivity index (χ3n) is 2.82. The van der Waals surface area contributed by atoms with Crippen LogP contribution in [0.5, 0.6) is 0 Å². The highest BCUT2D eigenvalue weighted by Gasteiger charge is 2.40. The molecule has 64 valence electrons. The summed E-state index contributed by atoms with van der Waals surface area (Å²) in [6.07, 6.45) is 3.96. The molecule has 0 unspecified atom stereocenters. The Labute approximate surface area is 67.9 Å². The minimum Gasteiger partial charge on any atom is -0.352 e. The smallest absolute Gasteiger partial charge is 0.160 e. The summed E-state index contributed by atoms with van der Waals surface area (Å²) >= 11 is 0. The Balaban J connectivity index is 1.92. The van der Waals surface area contributed by atoms with Crippen LogP contribution in [0.25, 0.3) is 0 Å². The highest BCUT2D eigenvalue weighted by atomic mass is 16.7. The van der Waals surface area contributed by atoms with Crippen LogP contribution in [-0.2, 0) is 9.47 Å². The first kappa shape index (κ1) is 7.56. The number of rotatable bonds is 2. The molecule has 2 nitrogen and oxygen atoms in total. The Morgan fingerprint density at radius 2 is 2.27 bits per heavy atom. The molecule has 0 spiro atoms. The van der Waals surface area contributed by atoms with E-state index in [0.717, 1.165) is 25.0 Å². The average Bonchev–Trinajstić information content (AvgIpc) is 2.53. The molecule has 0 aromatic heterocycles. The van der Waals surface area contributed by atoms with Crippen molar-refractivity contribution >= 4 is 0 Å². The van der Waals surface area contributed by atoms with Crippen molar-refractivity contribution in [2.24, 2.45) is 11.8 Å². The van der Waals surface area contributed by atoms with Crippen LogP contribution < -0.4 is 0 Å². The number of fused-ring (bicyclic) bond motifs is 1. The van der Waals surface area contributed by atoms with Gasteiger partial charge < -0.3 is 9.47 Å². The van der Waals surface area contributed by atoms with Crippen LogP contribution in [0.3, 0.4) is 0 Å². The first-order valence-electron chi connectivity index (χ1n) is 4.65. The number of ether oxygens (including phenoxy) is 2. The zero-order valence-electron chi connectivity index (χ0n) is 7.08. The third kappa shape index (κ3) is 1.30. The van der Waals surface area contributed by atoms with Crippen molar-refractivity contribution in [3.05, 3.63) is 0 Å². The third-order valence-corrected chi connectivity index (χ3v) is 2.82. The fourth-order valence-electron chi connectivity index (χ4n) is 2.22. The van der Waals surface area contributed by atoms with E-state index in [0.29, 0.717) is 0 Å². The van der Waals surface area contributed by atoms with E-state index in [2.05, 4.69) is 6.92 Å². The molecular formula is C9H16O2. The van der Waals surface area contributed by atoms with Crippen LogP contribution in [0.15, 0.2) is 0 Å². The maximum absolute atomic E-state index is 5.52. The predicted octanol–water partition coefficient (Wildman–Crippen LogP) is 1.80. The number of hydrogen-bond acceptors (Lipinski definition) is 2. The topological polar surface area (TPSA) is 18.5 Å². The molecule has 0 aromatic carbocycles. The van der Waals surface area contributed by atoms with Crippen LogP contribution in [0, 0.1) is 11.8 Å². The summed E-state index contributed by atoms with van der Waals surface area (Å²) in [6, 6.07) is 0. The molecule has 2 fully saturated rings. The Bertz CT molecular complexity index is 134. The van der Waals surface area contributed by atoms with Gasteiger partial charge in [-0.15, -0.1) is 0 Å². The summed E-state index contributed by atoms with van der Waals surface area (Å²) in [6.45, 7) is 4.09. The van der Waals surface area contributed by atoms with Crippen LogP contribution >= 0.6 is 0 Å². The molecule has 0 saturated carbocycles. The quantitative estimate of drug-likeness (QED) is 0.607. The zero-order chi connectivity index (χ0) is 7.68. The molecule has 2 heteroatoms. The van der Waals surface area contributed by atoms with Crippen molar-refractivity contribution in [2.75, 3.05) is 13.2 Å². The van der Waals surface area contributed by atoms with E-state index in [9.17, 15) is 0 Å². The van der Waals surface area contributed by atoms with E-state index in [1.165, 1.54) is 19.3 Å². The predicted molar refractivity (Wildman–Crippen MR) is 42.2 cm³/mol. The Morgan fingerprint density at radius 3 is 3.09 bits per heavy atom. The van der Waals surface area contributed by atoms with Gasteiger partial charge in [0, 0.05) is 5.92 Å². The van der Waals surface area contributed by atoms with Crippen molar-refractivity contribution in [1.82, 2.24) is 0 Å². The second kappa shape index (κ2) is 3.11. The van der Waals surface area contributed by atoms with Gasteiger partial charge in [-0.05, 0) is 18.8 Å². The molecule has 0 N–H and O–H groups in total. The largest absolute Gasteiger partial charge is 0.352 e. The summed E-state index contributed by atoms with van der Waals surface area (Å²) in [5.41, 5.74) is 0. The van der Waals surface area contributed by atoms with Crippen molar-refractivity contribution in [3.63, 3.8) is 0 Å². The van der Waals surface area contributed by atoms with Crippen LogP contribution in [-0.4, -0.2) is 19.5 Å². The Hall–Kier alpha value is -0.0800. The van der Waals surface area contributed by atoms with E-state index >= 15 is 0 Å². The van der Waals surface area contributed by atoms with E-state index in [1.54, 1.807) is 0 Å². The normalized spacial score (nSPS) is 42.8. The lowest BCUT2D eigenvalue weighted by atomic mass is 9.90. The van der Waals surface area contributed by atoms with E-state index < -0.39 is 0 Å². The molecule has 2 aliphatic rings. The highest BCUT2D eigenvalue weighted by molar-refractivity contribution is 4.82. The summed E-state index contributed by atoms with van der Waals surface area (Å²) < 4.78 is 11.0. The molecule has 2 aliphatic heterocycles. The van der Waals surface area contributed by atoms with Gasteiger partial charge in [-0.3, -0.25) is 0 Å². The van der Waals surface area contributed by atoms with Gasteiger partial charge in [0.2, 0.25) is 0 Å². The molecule has 0 bridgehead atoms. The second-order valence-electron chi connectivity index (χ2n) is 3.57. The van der Waals surface area contributed by atoms with Gasteiger partial charge in [-0.25, -0.2) is 0 Å². The second-order valence-corrected chi connectivity index (χ2v) is 3.57. The SMILES string of the molecule is CCC[C@@H]1CO[C@@H]2OCC[C@H]12. The molecule has 0 aliphatic carbocycles. The standard InChI is InChI=1S/C9H16O2/c1-2-3-7-6-11-9-8(7)4-5-10-9/h7-9H,2-6H2,1H3/t7-,8-,9+/m1/s1. The summed E-state index contributed by atoms with van der Waals surface area (Å²) in [4.78, 5) is 0. The lowest BCUT2D eigenvalue weighted by Crippen LogP contribution is -2.14. The maximum atomic E-state index is 5.52. The van der Waals surface area contributed by atoms with Gasteiger partial charge in [0.15, 0.2) is 6.29 Å². The van der Waals surface area contributed by atoms with Gasteiger partial charge in [0.25, 0.3) is 0 Å². The van der Waals surface area contributed by atoms with Crippen LogP contribution in [0.4, 0.5) is 0 Å². The molecular weight excluding hydrogens is 140 g/mol. The summed E-state index contributed by atoms with van der Waals surface area (Å²) in [7, 11) is 0. The van der Waals surface area contributed by atoms with Gasteiger partial charge in [0.05, 0.1) is 13.2 Å².